The van der Waals surface area contributed by atoms with E-state index in [0.29, 0.717) is 11.5 Å². The monoisotopic (exact) mass is 306 g/mol. The van der Waals surface area contributed by atoms with Gasteiger partial charge in [0.1, 0.15) is 0 Å². The van der Waals surface area contributed by atoms with Gasteiger partial charge in [0.2, 0.25) is 0 Å². The number of ether oxygens (including phenoxy) is 1. The van der Waals surface area contributed by atoms with Crippen molar-refractivity contribution in [3.63, 3.8) is 0 Å². The molecule has 0 saturated heterocycles. The fourth-order valence-electron chi connectivity index (χ4n) is 2.39. The second-order valence-electron chi connectivity index (χ2n) is 7.05. The minimum Gasteiger partial charge on any atom is -0.461 e. The number of hydrogen-bond acceptors (Lipinski definition) is 3. The highest BCUT2D eigenvalue weighted by atomic mass is 16.5. The number of hydrogen-bond donors (Lipinski definition) is 1. The van der Waals surface area contributed by atoms with E-state index >= 15 is 0 Å². The van der Waals surface area contributed by atoms with Crippen LogP contribution in [0.1, 0.15) is 56.5 Å². The molecule has 0 amide bonds. The lowest BCUT2D eigenvalue weighted by Crippen LogP contribution is -2.37. The molecule has 0 radical (unpaired) electrons. The Hall–Kier alpha value is -1.35. The molecule has 0 saturated carbocycles. The normalized spacial score (nSPS) is 14.2. The number of rotatable bonds is 8. The first kappa shape index (κ1) is 18.7. The molecule has 1 atom stereocenters. The number of carbonyl (C=O) groups is 1. The number of esters is 1. The smallest absolute Gasteiger partial charge is 0.338 e. The molecule has 0 fully saturated rings. The molecule has 124 valence electrons. The van der Waals surface area contributed by atoms with E-state index in [2.05, 4.69) is 27.7 Å². The van der Waals surface area contributed by atoms with Crippen LogP contribution in [0.5, 0.6) is 0 Å². The zero-order valence-electron chi connectivity index (χ0n) is 14.6. The molecular weight excluding hydrogens is 276 g/mol. The maximum absolute atomic E-state index is 12.2. The summed E-state index contributed by atoms with van der Waals surface area (Å²) in [6, 6.07) is 7.36. The molecule has 3 heteroatoms. The van der Waals surface area contributed by atoms with Crippen LogP contribution in [0.4, 0.5) is 0 Å². The highest BCUT2D eigenvalue weighted by Gasteiger charge is 2.34. The number of aliphatic hydroxyl groups excluding tert-OH is 1. The van der Waals surface area contributed by atoms with Crippen LogP contribution in [0.3, 0.4) is 0 Å². The fourth-order valence-corrected chi connectivity index (χ4v) is 2.39. The van der Waals surface area contributed by atoms with Crippen molar-refractivity contribution in [1.82, 2.24) is 0 Å². The van der Waals surface area contributed by atoms with Crippen LogP contribution in [0.25, 0.3) is 0 Å². The summed E-state index contributed by atoms with van der Waals surface area (Å²) in [7, 11) is 0. The third kappa shape index (κ3) is 5.13. The van der Waals surface area contributed by atoms with Gasteiger partial charge in [-0.1, -0.05) is 51.8 Å². The van der Waals surface area contributed by atoms with Crippen LogP contribution < -0.4 is 0 Å². The van der Waals surface area contributed by atoms with Crippen molar-refractivity contribution >= 4 is 5.97 Å². The summed E-state index contributed by atoms with van der Waals surface area (Å²) in [4.78, 5) is 12.2. The number of benzene rings is 1. The van der Waals surface area contributed by atoms with Crippen LogP contribution in [0.15, 0.2) is 24.3 Å². The third-order valence-corrected chi connectivity index (χ3v) is 4.54. The van der Waals surface area contributed by atoms with E-state index < -0.39 is 0 Å². The number of carbonyl (C=O) groups excluding carboxylic acids is 1. The van der Waals surface area contributed by atoms with Crippen LogP contribution in [0.2, 0.25) is 0 Å². The molecule has 1 aromatic rings. The van der Waals surface area contributed by atoms with Crippen molar-refractivity contribution in [3.8, 4) is 0 Å². The van der Waals surface area contributed by atoms with Gasteiger partial charge in [-0.2, -0.15) is 0 Å². The first-order chi connectivity index (χ1) is 10.3. The standard InChI is InChI=1S/C19H30O3/c1-14(2)10-11-19(12-20,15(3)4)13-22-18(21)17-8-6-16(5)7-9-17/h6-9,14-15,20H,10-13H2,1-5H3. The Labute approximate surface area is 134 Å². The third-order valence-electron chi connectivity index (χ3n) is 4.54. The molecular formula is C19H30O3. The topological polar surface area (TPSA) is 46.5 Å². The number of aryl methyl sites for hydroxylation is 1. The Morgan fingerprint density at radius 3 is 2.23 bits per heavy atom. The molecule has 0 aliphatic rings. The van der Waals surface area contributed by atoms with Crippen molar-refractivity contribution in [2.75, 3.05) is 13.2 Å². The van der Waals surface area contributed by atoms with Gasteiger partial charge in [-0.05, 0) is 37.3 Å². The molecule has 1 rings (SSSR count). The molecule has 1 aromatic carbocycles. The number of aliphatic hydroxyl groups is 1. The van der Waals surface area contributed by atoms with Gasteiger partial charge in [-0.3, -0.25) is 0 Å². The van der Waals surface area contributed by atoms with E-state index in [4.69, 9.17) is 4.74 Å². The van der Waals surface area contributed by atoms with Crippen molar-refractivity contribution < 1.29 is 14.6 Å². The lowest BCUT2D eigenvalue weighted by molar-refractivity contribution is -0.0179. The van der Waals surface area contributed by atoms with Crippen molar-refractivity contribution in [2.24, 2.45) is 17.3 Å². The first-order valence-corrected chi connectivity index (χ1v) is 8.15. The zero-order chi connectivity index (χ0) is 16.8. The molecule has 0 aromatic heterocycles. The Kier molecular flexibility index (Phi) is 7.08. The van der Waals surface area contributed by atoms with Gasteiger partial charge in [-0.25, -0.2) is 4.79 Å². The second kappa shape index (κ2) is 8.33. The largest absolute Gasteiger partial charge is 0.461 e. The predicted octanol–water partition coefficient (Wildman–Crippen LogP) is 4.22. The molecule has 22 heavy (non-hydrogen) atoms. The first-order valence-electron chi connectivity index (χ1n) is 8.15. The average molecular weight is 306 g/mol. The van der Waals surface area contributed by atoms with Gasteiger partial charge in [0, 0.05) is 5.41 Å². The van der Waals surface area contributed by atoms with Crippen LogP contribution in [-0.2, 0) is 4.74 Å². The summed E-state index contributed by atoms with van der Waals surface area (Å²) in [5.41, 5.74) is 1.32. The van der Waals surface area contributed by atoms with Gasteiger partial charge in [0.05, 0.1) is 18.8 Å². The molecule has 0 heterocycles. The van der Waals surface area contributed by atoms with E-state index in [9.17, 15) is 9.90 Å². The Bertz CT molecular complexity index is 462. The molecule has 3 nitrogen and oxygen atoms in total. The van der Waals surface area contributed by atoms with Gasteiger partial charge >= 0.3 is 5.97 Å². The maximum atomic E-state index is 12.2. The lowest BCUT2D eigenvalue weighted by Gasteiger charge is -2.36. The van der Waals surface area contributed by atoms with Crippen LogP contribution in [0, 0.1) is 24.2 Å². The van der Waals surface area contributed by atoms with E-state index in [1.54, 1.807) is 12.1 Å². The maximum Gasteiger partial charge on any atom is 0.338 e. The molecule has 0 spiro atoms. The molecule has 1 unspecified atom stereocenters. The molecule has 0 aliphatic carbocycles. The van der Waals surface area contributed by atoms with Crippen LogP contribution in [-0.4, -0.2) is 24.3 Å². The van der Waals surface area contributed by atoms with E-state index in [1.165, 1.54) is 0 Å². The minimum atomic E-state index is -0.357. The van der Waals surface area contributed by atoms with E-state index in [-0.39, 0.29) is 30.5 Å². The highest BCUT2D eigenvalue weighted by Crippen LogP contribution is 2.34. The quantitative estimate of drug-likeness (QED) is 0.731. The Morgan fingerprint density at radius 1 is 1.18 bits per heavy atom. The Balaban J connectivity index is 2.73. The average Bonchev–Trinajstić information content (AvgIpc) is 2.47. The molecule has 0 aliphatic heterocycles. The van der Waals surface area contributed by atoms with E-state index in [0.717, 1.165) is 18.4 Å². The second-order valence-corrected chi connectivity index (χ2v) is 7.05. The highest BCUT2D eigenvalue weighted by molar-refractivity contribution is 5.89. The Morgan fingerprint density at radius 2 is 1.77 bits per heavy atom. The summed E-state index contributed by atoms with van der Waals surface area (Å²) in [5, 5.41) is 9.89. The SMILES string of the molecule is Cc1ccc(C(=O)OCC(CO)(CCC(C)C)C(C)C)cc1. The van der Waals surface area contributed by atoms with Gasteiger partial charge < -0.3 is 9.84 Å². The molecule has 1 N–H and O–H groups in total. The fraction of sp³-hybridized carbons (Fsp3) is 0.632. The summed E-state index contributed by atoms with van der Waals surface area (Å²) in [6.45, 7) is 10.8. The van der Waals surface area contributed by atoms with Crippen molar-refractivity contribution in [1.29, 1.82) is 0 Å². The van der Waals surface area contributed by atoms with Gasteiger partial charge in [-0.15, -0.1) is 0 Å². The summed E-state index contributed by atoms with van der Waals surface area (Å²) < 4.78 is 5.52. The van der Waals surface area contributed by atoms with Crippen molar-refractivity contribution in [2.45, 2.75) is 47.5 Å². The summed E-state index contributed by atoms with van der Waals surface area (Å²) in [5.74, 6) is 0.502. The predicted molar refractivity (Wildman–Crippen MR) is 89.9 cm³/mol. The van der Waals surface area contributed by atoms with Gasteiger partial charge in [0.25, 0.3) is 0 Å². The zero-order valence-corrected chi connectivity index (χ0v) is 14.6. The molecule has 0 bridgehead atoms. The van der Waals surface area contributed by atoms with Crippen molar-refractivity contribution in [3.05, 3.63) is 35.4 Å². The lowest BCUT2D eigenvalue weighted by atomic mass is 9.74. The summed E-state index contributed by atoms with van der Waals surface area (Å²) >= 11 is 0. The van der Waals surface area contributed by atoms with E-state index in [1.807, 2.05) is 19.1 Å². The minimum absolute atomic E-state index is 0.0402. The summed E-state index contributed by atoms with van der Waals surface area (Å²) in [6.07, 6.45) is 1.88. The van der Waals surface area contributed by atoms with Crippen LogP contribution >= 0.6 is 0 Å². The van der Waals surface area contributed by atoms with Gasteiger partial charge in [0.15, 0.2) is 0 Å².